The largest absolute Gasteiger partial charge is 0.309 e. The molecule has 0 saturated carbocycles. The molecule has 0 amide bonds. The zero-order valence-corrected chi connectivity index (χ0v) is 17.5. The standard InChI is InChI=1S/C23H20F2N4OS/c24-16-1-4-19(25)15(9-16)11-27-17-2-3-18-20(10-17)31-22-21(18)23(30)29(13-28-22)12-14-5-7-26-8-6-14/h1,4-9,13,17,27H,2-3,10-12H2. The second-order valence-electron chi connectivity index (χ2n) is 7.77. The van der Waals surface area contributed by atoms with Gasteiger partial charge in [0.05, 0.1) is 18.3 Å². The van der Waals surface area contributed by atoms with E-state index in [4.69, 9.17) is 0 Å². The highest BCUT2D eigenvalue weighted by Gasteiger charge is 2.25. The van der Waals surface area contributed by atoms with Crippen LogP contribution in [0.25, 0.3) is 10.2 Å². The van der Waals surface area contributed by atoms with Crippen LogP contribution >= 0.6 is 11.3 Å². The lowest BCUT2D eigenvalue weighted by Gasteiger charge is -2.23. The smallest absolute Gasteiger partial charge is 0.262 e. The van der Waals surface area contributed by atoms with Crippen LogP contribution in [-0.4, -0.2) is 20.6 Å². The molecule has 0 bridgehead atoms. The lowest BCUT2D eigenvalue weighted by Crippen LogP contribution is -2.34. The molecule has 0 aliphatic heterocycles. The maximum Gasteiger partial charge on any atom is 0.262 e. The summed E-state index contributed by atoms with van der Waals surface area (Å²) in [5.74, 6) is -0.853. The van der Waals surface area contributed by atoms with E-state index in [0.717, 1.165) is 52.2 Å². The van der Waals surface area contributed by atoms with E-state index in [1.165, 1.54) is 6.07 Å². The molecule has 0 fully saturated rings. The number of nitrogens with one attached hydrogen (secondary N) is 1. The SMILES string of the molecule is O=c1c2c3c(sc2ncn1Cc1ccncc1)CC(NCc1cc(F)ccc1F)CC3. The van der Waals surface area contributed by atoms with Gasteiger partial charge in [-0.25, -0.2) is 13.8 Å². The van der Waals surface area contributed by atoms with Crippen LogP contribution in [0.4, 0.5) is 8.78 Å². The van der Waals surface area contributed by atoms with Crippen molar-refractivity contribution < 1.29 is 8.78 Å². The number of nitrogens with zero attached hydrogens (tertiary/aromatic N) is 3. The molecule has 1 aliphatic rings. The van der Waals surface area contributed by atoms with Gasteiger partial charge in [0.1, 0.15) is 16.5 Å². The first kappa shape index (κ1) is 20.0. The Hall–Kier alpha value is -2.97. The molecule has 1 atom stereocenters. The summed E-state index contributed by atoms with van der Waals surface area (Å²) in [6, 6.07) is 7.42. The van der Waals surface area contributed by atoms with E-state index in [2.05, 4.69) is 15.3 Å². The Balaban J connectivity index is 1.36. The van der Waals surface area contributed by atoms with Gasteiger partial charge in [-0.1, -0.05) is 0 Å². The van der Waals surface area contributed by atoms with E-state index in [1.807, 2.05) is 12.1 Å². The van der Waals surface area contributed by atoms with Crippen molar-refractivity contribution in [1.82, 2.24) is 19.9 Å². The van der Waals surface area contributed by atoms with Gasteiger partial charge >= 0.3 is 0 Å². The molecule has 1 aliphatic carbocycles. The minimum atomic E-state index is -0.442. The van der Waals surface area contributed by atoms with Gasteiger partial charge < -0.3 is 5.32 Å². The molecule has 3 heterocycles. The van der Waals surface area contributed by atoms with Crippen LogP contribution in [0.1, 0.15) is 28.0 Å². The summed E-state index contributed by atoms with van der Waals surface area (Å²) in [4.78, 5) is 23.6. The average molecular weight is 439 g/mol. The number of hydrogen-bond donors (Lipinski definition) is 1. The maximum atomic E-state index is 13.9. The molecule has 31 heavy (non-hydrogen) atoms. The fourth-order valence-corrected chi connectivity index (χ4v) is 5.36. The minimum absolute atomic E-state index is 0.0208. The third kappa shape index (κ3) is 4.00. The first-order valence-electron chi connectivity index (χ1n) is 10.1. The zero-order valence-electron chi connectivity index (χ0n) is 16.6. The molecule has 1 aromatic carbocycles. The number of aromatic nitrogens is 3. The topological polar surface area (TPSA) is 59.8 Å². The number of aryl methyl sites for hydroxylation is 1. The van der Waals surface area contributed by atoms with E-state index in [1.54, 1.807) is 34.6 Å². The number of pyridine rings is 1. The summed E-state index contributed by atoms with van der Waals surface area (Å²) >= 11 is 1.55. The molecule has 3 aromatic heterocycles. The fourth-order valence-electron chi connectivity index (χ4n) is 4.11. The van der Waals surface area contributed by atoms with Crippen molar-refractivity contribution in [2.24, 2.45) is 0 Å². The molecular weight excluding hydrogens is 418 g/mol. The predicted octanol–water partition coefficient (Wildman–Crippen LogP) is 3.83. The normalized spacial score (nSPS) is 15.9. The summed E-state index contributed by atoms with van der Waals surface area (Å²) in [5, 5.41) is 4.05. The van der Waals surface area contributed by atoms with Crippen LogP contribution in [0.5, 0.6) is 0 Å². The van der Waals surface area contributed by atoms with Crippen molar-refractivity contribution in [3.63, 3.8) is 0 Å². The third-order valence-corrected chi connectivity index (χ3v) is 6.89. The Morgan fingerprint density at radius 3 is 2.87 bits per heavy atom. The van der Waals surface area contributed by atoms with E-state index in [0.29, 0.717) is 17.5 Å². The summed E-state index contributed by atoms with van der Waals surface area (Å²) in [7, 11) is 0. The first-order chi connectivity index (χ1) is 15.1. The van der Waals surface area contributed by atoms with Crippen LogP contribution in [0.2, 0.25) is 0 Å². The molecule has 1 N–H and O–H groups in total. The molecule has 158 valence electrons. The Morgan fingerprint density at radius 1 is 1.19 bits per heavy atom. The minimum Gasteiger partial charge on any atom is -0.309 e. The Morgan fingerprint density at radius 2 is 2.03 bits per heavy atom. The van der Waals surface area contributed by atoms with Crippen LogP contribution < -0.4 is 10.9 Å². The quantitative estimate of drug-likeness (QED) is 0.515. The highest BCUT2D eigenvalue weighted by Crippen LogP contribution is 2.33. The summed E-state index contributed by atoms with van der Waals surface area (Å²) in [6.45, 7) is 0.726. The van der Waals surface area contributed by atoms with Crippen molar-refractivity contribution in [2.45, 2.75) is 38.4 Å². The van der Waals surface area contributed by atoms with Gasteiger partial charge in [-0.05, 0) is 60.7 Å². The summed E-state index contributed by atoms with van der Waals surface area (Å²) in [6.07, 6.45) is 7.36. The molecule has 1 unspecified atom stereocenters. The van der Waals surface area contributed by atoms with Crippen molar-refractivity contribution in [3.05, 3.63) is 92.6 Å². The van der Waals surface area contributed by atoms with Gasteiger partial charge in [0, 0.05) is 35.4 Å². The number of benzene rings is 1. The number of rotatable bonds is 5. The second kappa shape index (κ2) is 8.28. The van der Waals surface area contributed by atoms with Crippen molar-refractivity contribution in [2.75, 3.05) is 0 Å². The van der Waals surface area contributed by atoms with Crippen molar-refractivity contribution in [3.8, 4) is 0 Å². The van der Waals surface area contributed by atoms with Gasteiger partial charge in [-0.2, -0.15) is 0 Å². The van der Waals surface area contributed by atoms with Crippen LogP contribution in [0.3, 0.4) is 0 Å². The van der Waals surface area contributed by atoms with Gasteiger partial charge in [0.25, 0.3) is 5.56 Å². The number of fused-ring (bicyclic) bond motifs is 3. The molecule has 0 radical (unpaired) electrons. The van der Waals surface area contributed by atoms with Crippen molar-refractivity contribution in [1.29, 1.82) is 0 Å². The van der Waals surface area contributed by atoms with Crippen LogP contribution in [0, 0.1) is 11.6 Å². The molecule has 5 rings (SSSR count). The van der Waals surface area contributed by atoms with Gasteiger partial charge in [-0.15, -0.1) is 11.3 Å². The summed E-state index contributed by atoms with van der Waals surface area (Å²) < 4.78 is 28.9. The van der Waals surface area contributed by atoms with Crippen molar-refractivity contribution >= 4 is 21.6 Å². The number of thiophene rings is 1. The molecule has 8 heteroatoms. The fraction of sp³-hybridized carbons (Fsp3) is 0.261. The Labute approximate surface area is 181 Å². The Bertz CT molecular complexity index is 1300. The van der Waals surface area contributed by atoms with E-state index >= 15 is 0 Å². The summed E-state index contributed by atoms with van der Waals surface area (Å²) in [5.41, 5.74) is 2.38. The van der Waals surface area contributed by atoms with Crippen LogP contribution in [-0.2, 0) is 25.9 Å². The highest BCUT2D eigenvalue weighted by atomic mass is 32.1. The lowest BCUT2D eigenvalue weighted by molar-refractivity contribution is 0.454. The van der Waals surface area contributed by atoms with Gasteiger partial charge in [0.2, 0.25) is 0 Å². The second-order valence-corrected chi connectivity index (χ2v) is 8.86. The van der Waals surface area contributed by atoms with E-state index in [9.17, 15) is 13.6 Å². The highest BCUT2D eigenvalue weighted by molar-refractivity contribution is 7.18. The third-order valence-electron chi connectivity index (χ3n) is 5.73. The van der Waals surface area contributed by atoms with Crippen LogP contribution in [0.15, 0.2) is 53.8 Å². The van der Waals surface area contributed by atoms with Gasteiger partial charge in [-0.3, -0.25) is 14.3 Å². The molecular formula is C23H20F2N4OS. The molecule has 4 aromatic rings. The molecule has 0 saturated heterocycles. The number of hydrogen-bond acceptors (Lipinski definition) is 5. The number of halogens is 2. The predicted molar refractivity (Wildman–Crippen MR) is 116 cm³/mol. The first-order valence-corrected chi connectivity index (χ1v) is 11.0. The maximum absolute atomic E-state index is 13.9. The van der Waals surface area contributed by atoms with E-state index < -0.39 is 11.6 Å². The Kier molecular flexibility index (Phi) is 5.33. The monoisotopic (exact) mass is 438 g/mol. The van der Waals surface area contributed by atoms with Gasteiger partial charge in [0.15, 0.2) is 0 Å². The zero-order chi connectivity index (χ0) is 21.4. The molecule has 0 spiro atoms. The van der Waals surface area contributed by atoms with E-state index in [-0.39, 0.29) is 18.1 Å². The lowest BCUT2D eigenvalue weighted by atomic mass is 9.93. The molecule has 5 nitrogen and oxygen atoms in total. The average Bonchev–Trinajstić information content (AvgIpc) is 3.15.